The SMILES string of the molecule is CCOC(=O)C1CCN(C2=C([N+](=O)[O-])CN(Nc3cc(OC)ccc3OC)C=N2)CC1. The number of nitrogens with one attached hydrogen (secondary N) is 1. The molecule has 2 aliphatic heterocycles. The van der Waals surface area contributed by atoms with Crippen LogP contribution in [0.5, 0.6) is 11.5 Å². The zero-order valence-electron chi connectivity index (χ0n) is 17.9. The summed E-state index contributed by atoms with van der Waals surface area (Å²) in [4.78, 5) is 29.5. The van der Waals surface area contributed by atoms with Crippen LogP contribution in [0.3, 0.4) is 0 Å². The number of hydrogen-bond donors (Lipinski definition) is 1. The first-order valence-corrected chi connectivity index (χ1v) is 10.1. The van der Waals surface area contributed by atoms with Gasteiger partial charge < -0.3 is 19.1 Å². The molecule has 11 nitrogen and oxygen atoms in total. The molecule has 1 fully saturated rings. The number of hydrazine groups is 1. The van der Waals surface area contributed by atoms with E-state index in [1.807, 2.05) is 4.90 Å². The van der Waals surface area contributed by atoms with Crippen molar-refractivity contribution in [2.75, 3.05) is 45.9 Å². The smallest absolute Gasteiger partial charge is 0.309 e. The number of carbonyl (C=O) groups is 1. The summed E-state index contributed by atoms with van der Waals surface area (Å²) in [6, 6.07) is 5.23. The number of benzene rings is 1. The summed E-state index contributed by atoms with van der Waals surface area (Å²) in [5, 5.41) is 13.3. The fraction of sp³-hybridized carbons (Fsp3) is 0.500. The zero-order chi connectivity index (χ0) is 22.4. The highest BCUT2D eigenvalue weighted by Crippen LogP contribution is 2.30. The number of esters is 1. The molecule has 0 unspecified atom stereocenters. The largest absolute Gasteiger partial charge is 0.497 e. The minimum absolute atomic E-state index is 0.00397. The molecule has 1 saturated heterocycles. The summed E-state index contributed by atoms with van der Waals surface area (Å²) in [5.41, 5.74) is 3.65. The van der Waals surface area contributed by atoms with Gasteiger partial charge in [0.25, 0.3) is 0 Å². The van der Waals surface area contributed by atoms with Crippen molar-refractivity contribution in [2.24, 2.45) is 10.9 Å². The van der Waals surface area contributed by atoms with Crippen LogP contribution in [0.1, 0.15) is 19.8 Å². The Morgan fingerprint density at radius 1 is 1.29 bits per heavy atom. The lowest BCUT2D eigenvalue weighted by molar-refractivity contribution is -0.430. The quantitative estimate of drug-likeness (QED) is 0.373. The van der Waals surface area contributed by atoms with E-state index in [4.69, 9.17) is 14.2 Å². The maximum atomic E-state index is 11.9. The van der Waals surface area contributed by atoms with Crippen molar-refractivity contribution in [3.63, 3.8) is 0 Å². The molecule has 1 aromatic rings. The van der Waals surface area contributed by atoms with Crippen molar-refractivity contribution in [3.05, 3.63) is 39.8 Å². The number of rotatable bonds is 8. The van der Waals surface area contributed by atoms with Crippen LogP contribution in [-0.4, -0.2) is 67.6 Å². The van der Waals surface area contributed by atoms with Gasteiger partial charge in [-0.15, -0.1) is 0 Å². The number of piperidine rings is 1. The molecule has 0 bridgehead atoms. The van der Waals surface area contributed by atoms with E-state index in [9.17, 15) is 14.9 Å². The summed E-state index contributed by atoms with van der Waals surface area (Å²) >= 11 is 0. The standard InChI is InChI=1S/C20H27N5O6/c1-4-31-20(26)14-7-9-23(10-8-14)19-17(25(27)28)12-24(13-21-19)22-16-11-15(29-2)5-6-18(16)30-3/h5-6,11,13-14,22H,4,7-10,12H2,1-3H3. The number of ether oxygens (including phenoxy) is 3. The predicted octanol–water partition coefficient (Wildman–Crippen LogP) is 2.10. The number of nitrogens with zero attached hydrogens (tertiary/aromatic N) is 4. The first-order chi connectivity index (χ1) is 15.0. The second-order valence-corrected chi connectivity index (χ2v) is 7.09. The van der Waals surface area contributed by atoms with E-state index >= 15 is 0 Å². The average molecular weight is 433 g/mol. The molecule has 0 aliphatic carbocycles. The number of methoxy groups -OCH3 is 2. The fourth-order valence-electron chi connectivity index (χ4n) is 3.59. The molecule has 0 amide bonds. The first-order valence-electron chi connectivity index (χ1n) is 10.1. The minimum atomic E-state index is -0.416. The highest BCUT2D eigenvalue weighted by Gasteiger charge is 2.33. The van der Waals surface area contributed by atoms with Crippen LogP contribution in [0.15, 0.2) is 34.7 Å². The van der Waals surface area contributed by atoms with Crippen molar-refractivity contribution >= 4 is 18.0 Å². The van der Waals surface area contributed by atoms with Gasteiger partial charge in [-0.25, -0.2) is 4.99 Å². The Morgan fingerprint density at radius 3 is 2.65 bits per heavy atom. The molecule has 31 heavy (non-hydrogen) atoms. The third-order valence-electron chi connectivity index (χ3n) is 5.20. The lowest BCUT2D eigenvalue weighted by atomic mass is 9.97. The van der Waals surface area contributed by atoms with Gasteiger partial charge in [-0.2, -0.15) is 0 Å². The van der Waals surface area contributed by atoms with Gasteiger partial charge in [-0.3, -0.25) is 25.3 Å². The number of anilines is 1. The molecule has 11 heteroatoms. The fourth-order valence-corrected chi connectivity index (χ4v) is 3.59. The van der Waals surface area contributed by atoms with Crippen molar-refractivity contribution in [1.82, 2.24) is 9.91 Å². The van der Waals surface area contributed by atoms with Crippen molar-refractivity contribution < 1.29 is 23.9 Å². The number of nitro groups is 1. The number of aliphatic imine (C=N–C) groups is 1. The van der Waals surface area contributed by atoms with Gasteiger partial charge in [0.05, 0.1) is 37.4 Å². The Hall–Kier alpha value is -3.50. The zero-order valence-corrected chi connectivity index (χ0v) is 17.9. The third-order valence-corrected chi connectivity index (χ3v) is 5.20. The van der Waals surface area contributed by atoms with Crippen molar-refractivity contribution in [3.8, 4) is 11.5 Å². The Kier molecular flexibility index (Phi) is 7.16. The summed E-state index contributed by atoms with van der Waals surface area (Å²) in [6.45, 7) is 3.14. The predicted molar refractivity (Wildman–Crippen MR) is 113 cm³/mol. The van der Waals surface area contributed by atoms with Gasteiger partial charge in [0, 0.05) is 19.2 Å². The highest BCUT2D eigenvalue weighted by atomic mass is 16.6. The van der Waals surface area contributed by atoms with E-state index < -0.39 is 4.92 Å². The van der Waals surface area contributed by atoms with E-state index in [1.54, 1.807) is 32.2 Å². The maximum Gasteiger partial charge on any atom is 0.309 e. The van der Waals surface area contributed by atoms with Crippen LogP contribution in [0.25, 0.3) is 0 Å². The van der Waals surface area contributed by atoms with Gasteiger partial charge in [0.1, 0.15) is 24.4 Å². The molecule has 1 aromatic carbocycles. The number of hydrogen-bond acceptors (Lipinski definition) is 10. The van der Waals surface area contributed by atoms with E-state index in [0.717, 1.165) is 0 Å². The number of carbonyl (C=O) groups excluding carboxylic acids is 1. The van der Waals surface area contributed by atoms with Crippen LogP contribution in [0.2, 0.25) is 0 Å². The summed E-state index contributed by atoms with van der Waals surface area (Å²) in [6.07, 6.45) is 2.66. The molecule has 0 atom stereocenters. The monoisotopic (exact) mass is 433 g/mol. The average Bonchev–Trinajstić information content (AvgIpc) is 2.79. The van der Waals surface area contributed by atoms with E-state index in [1.165, 1.54) is 18.5 Å². The summed E-state index contributed by atoms with van der Waals surface area (Å²) in [5.74, 6) is 1.12. The lowest BCUT2D eigenvalue weighted by Crippen LogP contribution is -2.41. The van der Waals surface area contributed by atoms with Crippen LogP contribution in [0.4, 0.5) is 5.69 Å². The Labute approximate surface area is 180 Å². The molecular formula is C20H27N5O6. The molecular weight excluding hydrogens is 406 g/mol. The second kappa shape index (κ2) is 10.0. The van der Waals surface area contributed by atoms with Gasteiger partial charge in [0.15, 0.2) is 0 Å². The van der Waals surface area contributed by atoms with E-state index in [2.05, 4.69) is 10.4 Å². The molecule has 2 heterocycles. The molecule has 0 spiro atoms. The summed E-state index contributed by atoms with van der Waals surface area (Å²) in [7, 11) is 3.09. The van der Waals surface area contributed by atoms with Crippen molar-refractivity contribution in [1.29, 1.82) is 0 Å². The highest BCUT2D eigenvalue weighted by molar-refractivity contribution is 5.72. The van der Waals surface area contributed by atoms with Crippen molar-refractivity contribution in [2.45, 2.75) is 19.8 Å². The first kappa shape index (κ1) is 22.2. The lowest BCUT2D eigenvalue weighted by Gasteiger charge is -2.34. The van der Waals surface area contributed by atoms with Gasteiger partial charge in [-0.1, -0.05) is 0 Å². The van der Waals surface area contributed by atoms with E-state index in [0.29, 0.717) is 55.5 Å². The van der Waals surface area contributed by atoms with Gasteiger partial charge in [-0.05, 0) is 31.9 Å². The molecule has 168 valence electrons. The maximum absolute atomic E-state index is 11.9. The molecule has 0 saturated carbocycles. The molecule has 0 aromatic heterocycles. The molecule has 0 radical (unpaired) electrons. The van der Waals surface area contributed by atoms with Crippen LogP contribution in [0, 0.1) is 16.0 Å². The van der Waals surface area contributed by atoms with Gasteiger partial charge >= 0.3 is 11.7 Å². The topological polar surface area (TPSA) is 119 Å². The summed E-state index contributed by atoms with van der Waals surface area (Å²) < 4.78 is 15.7. The third kappa shape index (κ3) is 5.16. The normalized spacial score (nSPS) is 16.9. The van der Waals surface area contributed by atoms with Crippen LogP contribution in [-0.2, 0) is 9.53 Å². The van der Waals surface area contributed by atoms with Gasteiger partial charge in [0.2, 0.25) is 5.82 Å². The molecule has 3 rings (SSSR count). The van der Waals surface area contributed by atoms with Crippen LogP contribution < -0.4 is 14.9 Å². The molecule has 1 N–H and O–H groups in total. The Morgan fingerprint density at radius 2 is 2.03 bits per heavy atom. The minimum Gasteiger partial charge on any atom is -0.497 e. The Bertz CT molecular complexity index is 879. The Balaban J connectivity index is 1.71. The van der Waals surface area contributed by atoms with E-state index in [-0.39, 0.29) is 24.1 Å². The number of likely N-dealkylation sites (tertiary alicyclic amines) is 1. The molecule has 2 aliphatic rings. The van der Waals surface area contributed by atoms with Crippen LogP contribution >= 0.6 is 0 Å². The second-order valence-electron chi connectivity index (χ2n) is 7.09.